The molecule has 10 heteroatoms. The van der Waals surface area contributed by atoms with Crippen LogP contribution in [0.1, 0.15) is 0 Å². The Morgan fingerprint density at radius 2 is 2.15 bits per heavy atom. The largest absolute Gasteiger partial charge is 0.402 e. The summed E-state index contributed by atoms with van der Waals surface area (Å²) >= 11 is 0. The number of aliphatic hydroxyl groups is 1. The van der Waals surface area contributed by atoms with Crippen molar-refractivity contribution in [2.24, 2.45) is 17.8 Å². The molecule has 4 aromatic rings. The number of anilines is 3. The van der Waals surface area contributed by atoms with Crippen molar-refractivity contribution in [1.29, 1.82) is 0 Å². The third kappa shape index (κ3) is 4.60. The van der Waals surface area contributed by atoms with E-state index in [-0.39, 0.29) is 18.7 Å². The van der Waals surface area contributed by atoms with Crippen LogP contribution < -0.4 is 21.9 Å². The fourth-order valence-electron chi connectivity index (χ4n) is 3.48. The number of allylic oxidation sites excluding steroid dienone is 1. The van der Waals surface area contributed by atoms with Crippen LogP contribution in [0.2, 0.25) is 0 Å². The maximum Gasteiger partial charge on any atom is 0.262 e. The van der Waals surface area contributed by atoms with Gasteiger partial charge in [-0.1, -0.05) is 12.7 Å². The minimum Gasteiger partial charge on any atom is -0.402 e. The number of hydrogen-bond donors (Lipinski definition) is 4. The predicted molar refractivity (Wildman–Crippen MR) is 132 cm³/mol. The second-order valence-corrected chi connectivity index (χ2v) is 7.25. The highest BCUT2D eigenvalue weighted by atomic mass is 16.3. The highest BCUT2D eigenvalue weighted by Crippen LogP contribution is 2.27. The van der Waals surface area contributed by atoms with E-state index in [1.165, 1.54) is 23.1 Å². The summed E-state index contributed by atoms with van der Waals surface area (Å²) in [7, 11) is 1.86. The summed E-state index contributed by atoms with van der Waals surface area (Å²) in [6.45, 7) is 3.64. The van der Waals surface area contributed by atoms with Gasteiger partial charge in [-0.15, -0.1) is 0 Å². The summed E-state index contributed by atoms with van der Waals surface area (Å²) in [5.74, 6) is 1.17. The van der Waals surface area contributed by atoms with E-state index in [2.05, 4.69) is 32.3 Å². The fourth-order valence-corrected chi connectivity index (χ4v) is 3.48. The van der Waals surface area contributed by atoms with E-state index in [1.54, 1.807) is 23.0 Å². The molecule has 0 aliphatic rings. The smallest absolute Gasteiger partial charge is 0.262 e. The molecule has 33 heavy (non-hydrogen) atoms. The Morgan fingerprint density at radius 1 is 1.30 bits per heavy atom. The average Bonchev–Trinajstić information content (AvgIpc) is 3.17. The van der Waals surface area contributed by atoms with Gasteiger partial charge in [0.1, 0.15) is 17.5 Å². The van der Waals surface area contributed by atoms with Crippen molar-refractivity contribution in [2.75, 3.05) is 17.2 Å². The molecule has 5 N–H and O–H groups in total. The van der Waals surface area contributed by atoms with Crippen molar-refractivity contribution in [1.82, 2.24) is 19.3 Å². The molecule has 4 rings (SSSR count). The molecule has 0 saturated carbocycles. The molecule has 0 aliphatic heterocycles. The van der Waals surface area contributed by atoms with Gasteiger partial charge in [-0.05, 0) is 35.7 Å². The fraction of sp³-hybridized carbons (Fsp3) is 0.130. The number of nitrogens with zero attached hydrogens (tertiary/aromatic N) is 5. The highest BCUT2D eigenvalue weighted by Gasteiger charge is 2.13. The van der Waals surface area contributed by atoms with Crippen molar-refractivity contribution >= 4 is 45.2 Å². The Balaban J connectivity index is 1.83. The summed E-state index contributed by atoms with van der Waals surface area (Å²) in [4.78, 5) is 21.9. The van der Waals surface area contributed by atoms with E-state index >= 15 is 0 Å². The Hall–Kier alpha value is -4.44. The number of aryl methyl sites for hydroxylation is 1. The number of aromatic nitrogens is 4. The molecule has 1 aromatic carbocycles. The van der Waals surface area contributed by atoms with Crippen molar-refractivity contribution in [3.63, 3.8) is 0 Å². The number of nitrogens with two attached hydrogens (primary N) is 1. The summed E-state index contributed by atoms with van der Waals surface area (Å²) in [5.41, 5.74) is 6.94. The zero-order valence-corrected chi connectivity index (χ0v) is 18.1. The number of pyridine rings is 2. The molecule has 0 spiro atoms. The Kier molecular flexibility index (Phi) is 6.18. The first kappa shape index (κ1) is 21.8. The average molecular weight is 444 g/mol. The number of benzene rings is 1. The van der Waals surface area contributed by atoms with Crippen LogP contribution in [-0.4, -0.2) is 37.3 Å². The van der Waals surface area contributed by atoms with Gasteiger partial charge >= 0.3 is 0 Å². The first-order valence-corrected chi connectivity index (χ1v) is 10.2. The molecule has 0 unspecified atom stereocenters. The highest BCUT2D eigenvalue weighted by molar-refractivity contribution is 5.95. The van der Waals surface area contributed by atoms with E-state index < -0.39 is 0 Å². The van der Waals surface area contributed by atoms with Crippen molar-refractivity contribution in [3.8, 4) is 0 Å². The molecule has 168 valence electrons. The summed E-state index contributed by atoms with van der Waals surface area (Å²) in [6.07, 6.45) is 7.91. The number of fused-ring (bicyclic) bond motifs is 2. The van der Waals surface area contributed by atoms with Gasteiger partial charge in [0.05, 0.1) is 17.5 Å². The number of aliphatic hydroxyl groups excluding tert-OH is 1. The van der Waals surface area contributed by atoms with Gasteiger partial charge in [0.25, 0.3) is 5.56 Å². The SMILES string of the molecule is C=C/C=N\C(=C/N)Nc1cc2ccn(CCO)c(=O)c2c(Nc2ccc3cn(C)nc3c2)n1. The number of nitrogens with one attached hydrogen (secondary N) is 2. The Bertz CT molecular complexity index is 1450. The zero-order chi connectivity index (χ0) is 23.4. The minimum atomic E-state index is -0.263. The molecule has 0 saturated heterocycles. The lowest BCUT2D eigenvalue weighted by Gasteiger charge is -2.14. The summed E-state index contributed by atoms with van der Waals surface area (Å²) < 4.78 is 3.19. The Labute approximate surface area is 189 Å². The third-order valence-electron chi connectivity index (χ3n) is 4.92. The maximum absolute atomic E-state index is 13.1. The van der Waals surface area contributed by atoms with Crippen molar-refractivity contribution in [3.05, 3.63) is 77.8 Å². The first-order chi connectivity index (χ1) is 16.0. The van der Waals surface area contributed by atoms with Crippen LogP contribution in [0.4, 0.5) is 17.3 Å². The van der Waals surface area contributed by atoms with Crippen molar-refractivity contribution in [2.45, 2.75) is 6.54 Å². The maximum atomic E-state index is 13.1. The number of hydrogen-bond acceptors (Lipinski definition) is 8. The Morgan fingerprint density at radius 3 is 2.91 bits per heavy atom. The standard InChI is InChI=1S/C23H24N8O2/c1-3-7-25-20(13-24)27-19-11-15-6-8-31(9-10-32)23(33)21(15)22(28-19)26-17-5-4-16-14-30(2)29-18(16)12-17/h3-8,11-14,32H,1,9-10,24H2,2H3,(H2,26,27,28)/b20-13+,25-7-. The second-order valence-electron chi connectivity index (χ2n) is 7.25. The molecular formula is C23H24N8O2. The predicted octanol–water partition coefficient (Wildman–Crippen LogP) is 2.45. The number of rotatable bonds is 8. The zero-order valence-electron chi connectivity index (χ0n) is 18.1. The summed E-state index contributed by atoms with van der Waals surface area (Å²) in [5, 5.41) is 22.1. The topological polar surface area (TPSA) is 135 Å². The van der Waals surface area contributed by atoms with Crippen LogP contribution in [0.25, 0.3) is 21.7 Å². The first-order valence-electron chi connectivity index (χ1n) is 10.2. The lowest BCUT2D eigenvalue weighted by molar-refractivity contribution is 0.274. The van der Waals surface area contributed by atoms with Gasteiger partial charge in [0, 0.05) is 49.5 Å². The van der Waals surface area contributed by atoms with Gasteiger partial charge in [0.2, 0.25) is 0 Å². The van der Waals surface area contributed by atoms with Crippen LogP contribution in [0.15, 0.2) is 77.2 Å². The normalized spacial score (nSPS) is 12.0. The monoisotopic (exact) mass is 444 g/mol. The van der Waals surface area contributed by atoms with Gasteiger partial charge < -0.3 is 26.0 Å². The van der Waals surface area contributed by atoms with Crippen LogP contribution >= 0.6 is 0 Å². The van der Waals surface area contributed by atoms with Gasteiger partial charge in [-0.25, -0.2) is 9.98 Å². The molecule has 3 aromatic heterocycles. The van der Waals surface area contributed by atoms with Crippen molar-refractivity contribution < 1.29 is 5.11 Å². The second kappa shape index (κ2) is 9.37. The molecule has 10 nitrogen and oxygen atoms in total. The van der Waals surface area contributed by atoms with Crippen LogP contribution in [0.5, 0.6) is 0 Å². The lowest BCUT2D eigenvalue weighted by Crippen LogP contribution is -2.22. The van der Waals surface area contributed by atoms with Crippen LogP contribution in [0, 0.1) is 0 Å². The molecule has 0 aliphatic carbocycles. The van der Waals surface area contributed by atoms with E-state index in [1.807, 2.05) is 31.4 Å². The number of aliphatic imine (C=N–C) groups is 1. The van der Waals surface area contributed by atoms with Gasteiger partial charge in [0.15, 0.2) is 0 Å². The lowest BCUT2D eigenvalue weighted by atomic mass is 10.2. The molecule has 3 heterocycles. The third-order valence-corrected chi connectivity index (χ3v) is 4.92. The quantitative estimate of drug-likeness (QED) is 0.307. The van der Waals surface area contributed by atoms with Crippen LogP contribution in [0.3, 0.4) is 0 Å². The molecule has 0 amide bonds. The van der Waals surface area contributed by atoms with Gasteiger partial charge in [-0.3, -0.25) is 9.48 Å². The molecule has 0 bridgehead atoms. The van der Waals surface area contributed by atoms with Gasteiger partial charge in [-0.2, -0.15) is 5.10 Å². The minimum absolute atomic E-state index is 0.149. The molecule has 0 radical (unpaired) electrons. The van der Waals surface area contributed by atoms with E-state index in [0.29, 0.717) is 28.2 Å². The van der Waals surface area contributed by atoms with E-state index in [4.69, 9.17) is 5.73 Å². The molecule has 0 atom stereocenters. The molecule has 0 fully saturated rings. The van der Waals surface area contributed by atoms with E-state index in [0.717, 1.165) is 16.6 Å². The van der Waals surface area contributed by atoms with Crippen LogP contribution in [-0.2, 0) is 13.6 Å². The summed E-state index contributed by atoms with van der Waals surface area (Å²) in [6, 6.07) is 9.26. The van der Waals surface area contributed by atoms with E-state index in [9.17, 15) is 9.90 Å². The molecular weight excluding hydrogens is 420 g/mol.